The Morgan fingerprint density at radius 3 is 2.64 bits per heavy atom. The molecular formula is C18H26N2O2. The lowest BCUT2D eigenvalue weighted by Gasteiger charge is -2.31. The van der Waals surface area contributed by atoms with Gasteiger partial charge in [0.15, 0.2) is 0 Å². The summed E-state index contributed by atoms with van der Waals surface area (Å²) in [5.74, 6) is -0.733. The fraction of sp³-hybridized carbons (Fsp3) is 0.556. The molecule has 0 saturated carbocycles. The number of nitrogens with zero attached hydrogens (tertiary/aromatic N) is 2. The van der Waals surface area contributed by atoms with E-state index in [1.165, 1.54) is 0 Å². The number of aryl methyl sites for hydroxylation is 1. The SMILES string of the molecule is CCCCN(CCC)C(=O)C(=O)N1CCCc2ccccc21. The number of hydrogen-bond donors (Lipinski definition) is 0. The standard InChI is InChI=1S/C18H26N2O2/c1-3-5-13-19(12-4-2)17(21)18(22)20-14-8-10-15-9-6-7-11-16(15)20/h6-7,9,11H,3-5,8,10,12-14H2,1-2H3. The number of benzene rings is 1. The Kier molecular flexibility index (Phi) is 5.99. The molecule has 2 amide bonds. The van der Waals surface area contributed by atoms with Crippen LogP contribution in [0.5, 0.6) is 0 Å². The highest BCUT2D eigenvalue weighted by atomic mass is 16.2. The highest BCUT2D eigenvalue weighted by Crippen LogP contribution is 2.27. The summed E-state index contributed by atoms with van der Waals surface area (Å²) in [7, 11) is 0. The molecular weight excluding hydrogens is 276 g/mol. The first-order valence-electron chi connectivity index (χ1n) is 8.37. The van der Waals surface area contributed by atoms with Crippen LogP contribution in [0.4, 0.5) is 5.69 Å². The largest absolute Gasteiger partial charge is 0.334 e. The van der Waals surface area contributed by atoms with Crippen molar-refractivity contribution in [2.24, 2.45) is 0 Å². The van der Waals surface area contributed by atoms with Crippen LogP contribution in [0.3, 0.4) is 0 Å². The van der Waals surface area contributed by atoms with Gasteiger partial charge in [0.25, 0.3) is 0 Å². The summed E-state index contributed by atoms with van der Waals surface area (Å²) in [4.78, 5) is 28.6. The Labute approximate surface area is 133 Å². The van der Waals surface area contributed by atoms with Crippen molar-refractivity contribution in [3.05, 3.63) is 29.8 Å². The molecule has 22 heavy (non-hydrogen) atoms. The van der Waals surface area contributed by atoms with Crippen LogP contribution < -0.4 is 4.90 Å². The molecule has 1 aromatic carbocycles. The summed E-state index contributed by atoms with van der Waals surface area (Å²) in [6, 6.07) is 7.89. The summed E-state index contributed by atoms with van der Waals surface area (Å²) in [6.45, 7) is 6.09. The van der Waals surface area contributed by atoms with Crippen LogP contribution in [-0.4, -0.2) is 36.3 Å². The number of amides is 2. The van der Waals surface area contributed by atoms with E-state index in [-0.39, 0.29) is 11.8 Å². The number of carbonyl (C=O) groups excluding carboxylic acids is 2. The van der Waals surface area contributed by atoms with Gasteiger partial charge in [0.05, 0.1) is 0 Å². The van der Waals surface area contributed by atoms with Gasteiger partial charge < -0.3 is 9.80 Å². The quantitative estimate of drug-likeness (QED) is 0.785. The molecule has 1 heterocycles. The van der Waals surface area contributed by atoms with Crippen LogP contribution in [0.2, 0.25) is 0 Å². The van der Waals surface area contributed by atoms with Gasteiger partial charge >= 0.3 is 11.8 Å². The average Bonchev–Trinajstić information content (AvgIpc) is 2.56. The van der Waals surface area contributed by atoms with Crippen LogP contribution in [0, 0.1) is 0 Å². The third kappa shape index (κ3) is 3.67. The van der Waals surface area contributed by atoms with E-state index < -0.39 is 0 Å². The molecule has 0 bridgehead atoms. The minimum absolute atomic E-state index is 0.355. The van der Waals surface area contributed by atoms with Crippen LogP contribution in [0.15, 0.2) is 24.3 Å². The molecule has 1 aliphatic rings. The summed E-state index contributed by atoms with van der Waals surface area (Å²) < 4.78 is 0. The molecule has 2 rings (SSSR count). The Morgan fingerprint density at radius 1 is 1.14 bits per heavy atom. The second-order valence-corrected chi connectivity index (χ2v) is 5.83. The average molecular weight is 302 g/mol. The Balaban J connectivity index is 2.14. The first-order chi connectivity index (χ1) is 10.7. The van der Waals surface area contributed by atoms with E-state index in [9.17, 15) is 9.59 Å². The summed E-state index contributed by atoms with van der Waals surface area (Å²) in [5, 5.41) is 0. The van der Waals surface area contributed by atoms with E-state index >= 15 is 0 Å². The van der Waals surface area contributed by atoms with Gasteiger partial charge in [0.1, 0.15) is 0 Å². The van der Waals surface area contributed by atoms with E-state index in [0.717, 1.165) is 43.4 Å². The fourth-order valence-corrected chi connectivity index (χ4v) is 2.93. The van der Waals surface area contributed by atoms with Gasteiger partial charge in [-0.05, 0) is 37.3 Å². The Morgan fingerprint density at radius 2 is 1.91 bits per heavy atom. The number of rotatable bonds is 5. The summed E-state index contributed by atoms with van der Waals surface area (Å²) in [6.07, 6.45) is 4.73. The molecule has 0 unspecified atom stereocenters. The minimum Gasteiger partial charge on any atom is -0.334 e. The number of anilines is 1. The van der Waals surface area contributed by atoms with Gasteiger partial charge in [0, 0.05) is 25.3 Å². The third-order valence-corrected chi connectivity index (χ3v) is 4.10. The van der Waals surface area contributed by atoms with Crippen LogP contribution in [0.25, 0.3) is 0 Å². The molecule has 120 valence electrons. The maximum Gasteiger partial charge on any atom is 0.316 e. The highest BCUT2D eigenvalue weighted by molar-refractivity contribution is 6.40. The van der Waals surface area contributed by atoms with E-state index in [4.69, 9.17) is 0 Å². The Hall–Kier alpha value is -1.84. The number of unbranched alkanes of at least 4 members (excludes halogenated alkanes) is 1. The van der Waals surface area contributed by atoms with Crippen molar-refractivity contribution < 1.29 is 9.59 Å². The highest BCUT2D eigenvalue weighted by Gasteiger charge is 2.30. The van der Waals surface area contributed by atoms with E-state index in [0.29, 0.717) is 19.6 Å². The lowest BCUT2D eigenvalue weighted by atomic mass is 10.0. The fourth-order valence-electron chi connectivity index (χ4n) is 2.93. The zero-order valence-electron chi connectivity index (χ0n) is 13.7. The predicted molar refractivity (Wildman–Crippen MR) is 88.9 cm³/mol. The number of hydrogen-bond acceptors (Lipinski definition) is 2. The van der Waals surface area contributed by atoms with Crippen molar-refractivity contribution in [1.29, 1.82) is 0 Å². The molecule has 0 spiro atoms. The maximum absolute atomic E-state index is 12.7. The van der Waals surface area contributed by atoms with Crippen molar-refractivity contribution in [3.63, 3.8) is 0 Å². The van der Waals surface area contributed by atoms with Gasteiger partial charge in [-0.25, -0.2) is 0 Å². The van der Waals surface area contributed by atoms with Crippen molar-refractivity contribution >= 4 is 17.5 Å². The monoisotopic (exact) mass is 302 g/mol. The first-order valence-corrected chi connectivity index (χ1v) is 8.37. The van der Waals surface area contributed by atoms with Gasteiger partial charge in [-0.2, -0.15) is 0 Å². The van der Waals surface area contributed by atoms with Gasteiger partial charge in [-0.3, -0.25) is 9.59 Å². The number of para-hydroxylation sites is 1. The molecule has 0 atom stereocenters. The van der Waals surface area contributed by atoms with E-state index in [1.807, 2.05) is 31.2 Å². The van der Waals surface area contributed by atoms with Gasteiger partial charge in [-0.1, -0.05) is 38.5 Å². The molecule has 4 heteroatoms. The molecule has 4 nitrogen and oxygen atoms in total. The molecule has 0 radical (unpaired) electrons. The molecule has 0 saturated heterocycles. The molecule has 1 aliphatic heterocycles. The van der Waals surface area contributed by atoms with E-state index in [2.05, 4.69) is 6.92 Å². The smallest absolute Gasteiger partial charge is 0.316 e. The number of fused-ring (bicyclic) bond motifs is 1. The van der Waals surface area contributed by atoms with Gasteiger partial charge in [0.2, 0.25) is 0 Å². The lowest BCUT2D eigenvalue weighted by Crippen LogP contribution is -2.47. The van der Waals surface area contributed by atoms with Gasteiger partial charge in [-0.15, -0.1) is 0 Å². The van der Waals surface area contributed by atoms with E-state index in [1.54, 1.807) is 9.80 Å². The van der Waals surface area contributed by atoms with Crippen LogP contribution in [0.1, 0.15) is 45.1 Å². The summed E-state index contributed by atoms with van der Waals surface area (Å²) in [5.41, 5.74) is 2.06. The van der Waals surface area contributed by atoms with Crippen LogP contribution >= 0.6 is 0 Å². The normalized spacial score (nSPS) is 13.6. The third-order valence-electron chi connectivity index (χ3n) is 4.10. The van der Waals surface area contributed by atoms with Crippen molar-refractivity contribution in [1.82, 2.24) is 4.90 Å². The van der Waals surface area contributed by atoms with Crippen molar-refractivity contribution in [2.45, 2.75) is 46.0 Å². The van der Waals surface area contributed by atoms with Crippen molar-refractivity contribution in [2.75, 3.05) is 24.5 Å². The molecule has 0 fully saturated rings. The zero-order valence-corrected chi connectivity index (χ0v) is 13.7. The minimum atomic E-state index is -0.378. The lowest BCUT2D eigenvalue weighted by molar-refractivity contribution is -0.144. The topological polar surface area (TPSA) is 40.6 Å². The molecule has 0 N–H and O–H groups in total. The molecule has 1 aromatic rings. The Bertz CT molecular complexity index is 528. The molecule has 0 aromatic heterocycles. The second-order valence-electron chi connectivity index (χ2n) is 5.83. The van der Waals surface area contributed by atoms with Crippen LogP contribution in [-0.2, 0) is 16.0 Å². The predicted octanol–water partition coefficient (Wildman–Crippen LogP) is 3.00. The second kappa shape index (κ2) is 7.97. The first kappa shape index (κ1) is 16.5. The maximum atomic E-state index is 12.7. The zero-order chi connectivity index (χ0) is 15.9. The summed E-state index contributed by atoms with van der Waals surface area (Å²) >= 11 is 0. The van der Waals surface area contributed by atoms with Crippen molar-refractivity contribution in [3.8, 4) is 0 Å². The number of carbonyl (C=O) groups is 2. The molecule has 0 aliphatic carbocycles.